The van der Waals surface area contributed by atoms with Gasteiger partial charge in [0.05, 0.1) is 13.3 Å². The fourth-order valence-electron chi connectivity index (χ4n) is 3.98. The highest BCUT2D eigenvalue weighted by Crippen LogP contribution is 2.26. The van der Waals surface area contributed by atoms with E-state index in [1.807, 2.05) is 47.5 Å². The van der Waals surface area contributed by atoms with Gasteiger partial charge in [-0.05, 0) is 53.8 Å². The van der Waals surface area contributed by atoms with Gasteiger partial charge < -0.3 is 9.64 Å². The zero-order valence-corrected chi connectivity index (χ0v) is 16.6. The molecule has 1 unspecified atom stereocenters. The fourth-order valence-corrected chi connectivity index (χ4v) is 3.98. The van der Waals surface area contributed by atoms with Gasteiger partial charge in [-0.1, -0.05) is 18.2 Å². The zero-order valence-electron chi connectivity index (χ0n) is 16.6. The molecule has 1 aliphatic rings. The molecule has 1 aromatic heterocycles. The van der Waals surface area contributed by atoms with Gasteiger partial charge in [0.1, 0.15) is 5.75 Å². The first kappa shape index (κ1) is 19.2. The Hall–Kier alpha value is -3.15. The van der Waals surface area contributed by atoms with Crippen molar-refractivity contribution in [2.24, 2.45) is 5.92 Å². The van der Waals surface area contributed by atoms with Gasteiger partial charge >= 0.3 is 0 Å². The number of ether oxygens (including phenoxy) is 1. The number of carbonyl (C=O) groups is 2. The van der Waals surface area contributed by atoms with E-state index in [1.165, 1.54) is 0 Å². The summed E-state index contributed by atoms with van der Waals surface area (Å²) in [6.45, 7) is 1.23. The lowest BCUT2D eigenvalue weighted by molar-refractivity contribution is -0.132. The number of nitrogens with one attached hydrogen (secondary N) is 1. The zero-order chi connectivity index (χ0) is 20.2. The minimum atomic E-state index is -0.141. The van der Waals surface area contributed by atoms with E-state index in [0.29, 0.717) is 24.9 Å². The van der Waals surface area contributed by atoms with Crippen LogP contribution in [0.2, 0.25) is 0 Å². The van der Waals surface area contributed by atoms with Crippen molar-refractivity contribution in [2.45, 2.75) is 25.7 Å². The molecule has 0 bridgehead atoms. The van der Waals surface area contributed by atoms with Crippen molar-refractivity contribution >= 4 is 22.5 Å². The van der Waals surface area contributed by atoms with E-state index < -0.39 is 0 Å². The maximum absolute atomic E-state index is 13.1. The van der Waals surface area contributed by atoms with Crippen LogP contribution in [0.3, 0.4) is 0 Å². The van der Waals surface area contributed by atoms with Crippen molar-refractivity contribution in [2.75, 3.05) is 20.2 Å². The summed E-state index contributed by atoms with van der Waals surface area (Å²) in [6.07, 6.45) is 6.34. The molecule has 2 heterocycles. The number of carbonyl (C=O) groups excluding carboxylic acids is 2. The highest BCUT2D eigenvalue weighted by Gasteiger charge is 2.29. The first-order valence-corrected chi connectivity index (χ1v) is 10.0. The topological polar surface area (TPSA) is 75.3 Å². The number of fused-ring (bicyclic) bond motifs is 1. The Morgan fingerprint density at radius 1 is 1.21 bits per heavy atom. The van der Waals surface area contributed by atoms with Gasteiger partial charge in [0.15, 0.2) is 5.78 Å². The van der Waals surface area contributed by atoms with Crippen molar-refractivity contribution in [3.8, 4) is 5.75 Å². The molecule has 4 rings (SSSR count). The Morgan fingerprint density at radius 3 is 2.83 bits per heavy atom. The second kappa shape index (κ2) is 8.47. The highest BCUT2D eigenvalue weighted by molar-refractivity contribution is 6.01. The standard InChI is InChI=1S/C23H25N3O3/c1-29-21-8-7-17-11-19(6-5-18(17)12-21)23(28)20-3-2-10-26(15-20)22(27)9-4-16-13-24-25-14-16/h5-8,11-14,20H,2-4,9-10,15H2,1H3,(H,24,25). The molecule has 29 heavy (non-hydrogen) atoms. The number of likely N-dealkylation sites (tertiary alicyclic amines) is 1. The normalized spacial score (nSPS) is 16.7. The number of amides is 1. The van der Waals surface area contributed by atoms with Crippen LogP contribution in [0.25, 0.3) is 10.8 Å². The number of aromatic amines is 1. The second-order valence-corrected chi connectivity index (χ2v) is 7.58. The van der Waals surface area contributed by atoms with Gasteiger partial charge in [0.2, 0.25) is 5.91 Å². The summed E-state index contributed by atoms with van der Waals surface area (Å²) in [6, 6.07) is 11.6. The number of benzene rings is 2. The summed E-state index contributed by atoms with van der Waals surface area (Å²) in [5.74, 6) is 0.884. The third-order valence-electron chi connectivity index (χ3n) is 5.66. The Labute approximate surface area is 169 Å². The number of hydrogen-bond donors (Lipinski definition) is 1. The Bertz CT molecular complexity index is 1010. The van der Waals surface area contributed by atoms with Gasteiger partial charge in [-0.2, -0.15) is 5.10 Å². The van der Waals surface area contributed by atoms with Gasteiger partial charge in [0, 0.05) is 37.2 Å². The van der Waals surface area contributed by atoms with Crippen molar-refractivity contribution in [3.63, 3.8) is 0 Å². The van der Waals surface area contributed by atoms with E-state index in [1.54, 1.807) is 13.3 Å². The first-order chi connectivity index (χ1) is 14.1. The number of methoxy groups -OCH3 is 1. The molecule has 0 saturated carbocycles. The van der Waals surface area contributed by atoms with Crippen LogP contribution in [0.1, 0.15) is 35.2 Å². The molecule has 1 saturated heterocycles. The fraction of sp³-hybridized carbons (Fsp3) is 0.348. The molecule has 3 aromatic rings. The van der Waals surface area contributed by atoms with Crippen molar-refractivity contribution in [1.82, 2.24) is 15.1 Å². The third kappa shape index (κ3) is 4.31. The molecule has 150 valence electrons. The van der Waals surface area contributed by atoms with Crippen molar-refractivity contribution < 1.29 is 14.3 Å². The van der Waals surface area contributed by atoms with Gasteiger partial charge in [-0.15, -0.1) is 0 Å². The molecular weight excluding hydrogens is 366 g/mol. The molecule has 6 heteroatoms. The second-order valence-electron chi connectivity index (χ2n) is 7.58. The van der Waals surface area contributed by atoms with E-state index >= 15 is 0 Å². The van der Waals surface area contributed by atoms with Crippen LogP contribution in [0, 0.1) is 5.92 Å². The average molecular weight is 391 g/mol. The number of ketones is 1. The maximum Gasteiger partial charge on any atom is 0.222 e. The monoisotopic (exact) mass is 391 g/mol. The first-order valence-electron chi connectivity index (χ1n) is 10.0. The Balaban J connectivity index is 1.42. The Kier molecular flexibility index (Phi) is 5.60. The Morgan fingerprint density at radius 2 is 2.03 bits per heavy atom. The third-order valence-corrected chi connectivity index (χ3v) is 5.66. The van der Waals surface area contributed by atoms with E-state index in [9.17, 15) is 9.59 Å². The predicted molar refractivity (Wildman–Crippen MR) is 111 cm³/mol. The van der Waals surface area contributed by atoms with E-state index in [0.717, 1.165) is 41.5 Å². The summed E-state index contributed by atoms with van der Waals surface area (Å²) in [4.78, 5) is 27.6. The number of nitrogens with zero attached hydrogens (tertiary/aromatic N) is 2. The quantitative estimate of drug-likeness (QED) is 0.651. The molecular formula is C23H25N3O3. The van der Waals surface area contributed by atoms with Crippen molar-refractivity contribution in [3.05, 3.63) is 59.9 Å². The number of rotatable bonds is 6. The molecule has 1 amide bonds. The van der Waals surface area contributed by atoms with Crippen LogP contribution in [0.15, 0.2) is 48.8 Å². The van der Waals surface area contributed by atoms with E-state index in [4.69, 9.17) is 4.74 Å². The highest BCUT2D eigenvalue weighted by atomic mass is 16.5. The molecule has 1 fully saturated rings. The lowest BCUT2D eigenvalue weighted by atomic mass is 9.89. The molecule has 1 aliphatic heterocycles. The molecule has 0 spiro atoms. The number of H-pyrrole nitrogens is 1. The van der Waals surface area contributed by atoms with Crippen LogP contribution in [0.5, 0.6) is 5.75 Å². The lowest BCUT2D eigenvalue weighted by Gasteiger charge is -2.32. The largest absolute Gasteiger partial charge is 0.497 e. The van der Waals surface area contributed by atoms with Gasteiger partial charge in [-0.25, -0.2) is 0 Å². The minimum absolute atomic E-state index is 0.106. The molecule has 1 atom stereocenters. The maximum atomic E-state index is 13.1. The van der Waals surface area contributed by atoms with Gasteiger partial charge in [-0.3, -0.25) is 14.7 Å². The summed E-state index contributed by atoms with van der Waals surface area (Å²) in [7, 11) is 1.64. The number of aromatic nitrogens is 2. The number of piperidine rings is 1. The van der Waals surface area contributed by atoms with Crippen LogP contribution in [-0.4, -0.2) is 47.0 Å². The number of hydrogen-bond acceptors (Lipinski definition) is 4. The lowest BCUT2D eigenvalue weighted by Crippen LogP contribution is -2.42. The number of Topliss-reactive ketones (excluding diaryl/α,β-unsaturated/α-hetero) is 1. The van der Waals surface area contributed by atoms with Crippen LogP contribution >= 0.6 is 0 Å². The predicted octanol–water partition coefficient (Wildman–Crippen LogP) is 3.63. The van der Waals surface area contributed by atoms with Crippen molar-refractivity contribution in [1.29, 1.82) is 0 Å². The summed E-state index contributed by atoms with van der Waals surface area (Å²) < 4.78 is 5.26. The summed E-state index contributed by atoms with van der Waals surface area (Å²) in [5.41, 5.74) is 1.73. The van der Waals surface area contributed by atoms with Crippen LogP contribution in [-0.2, 0) is 11.2 Å². The van der Waals surface area contributed by atoms with Crippen LogP contribution in [0.4, 0.5) is 0 Å². The molecule has 0 radical (unpaired) electrons. The summed E-state index contributed by atoms with van der Waals surface area (Å²) >= 11 is 0. The summed E-state index contributed by atoms with van der Waals surface area (Å²) in [5, 5.41) is 8.73. The van der Waals surface area contributed by atoms with Gasteiger partial charge in [0.25, 0.3) is 0 Å². The average Bonchev–Trinajstić information content (AvgIpc) is 3.30. The van der Waals surface area contributed by atoms with E-state index in [-0.39, 0.29) is 17.6 Å². The molecule has 1 N–H and O–H groups in total. The van der Waals surface area contributed by atoms with E-state index in [2.05, 4.69) is 10.2 Å². The molecule has 6 nitrogen and oxygen atoms in total. The SMILES string of the molecule is COc1ccc2cc(C(=O)C3CCCN(C(=O)CCc4cn[nH]c4)C3)ccc2c1. The minimum Gasteiger partial charge on any atom is -0.497 e. The van der Waals surface area contributed by atoms with Crippen LogP contribution < -0.4 is 4.74 Å². The molecule has 2 aromatic carbocycles. The smallest absolute Gasteiger partial charge is 0.222 e. The molecule has 0 aliphatic carbocycles. The number of aryl methyl sites for hydroxylation is 1.